The molecule has 1 aliphatic rings. The van der Waals surface area contributed by atoms with E-state index in [0.717, 1.165) is 27.9 Å². The zero-order valence-corrected chi connectivity index (χ0v) is 26.3. The molecule has 1 saturated heterocycles. The second kappa shape index (κ2) is 11.3. The van der Waals surface area contributed by atoms with Gasteiger partial charge >= 0.3 is 6.09 Å². The first-order valence-electron chi connectivity index (χ1n) is 14.3. The number of hydrogen-bond donors (Lipinski definition) is 0. The highest BCUT2D eigenvalue weighted by Gasteiger charge is 2.38. The Bertz CT molecular complexity index is 1500. The minimum atomic E-state index is -2.01. The first-order chi connectivity index (χ1) is 19.4. The highest BCUT2D eigenvalue weighted by Crippen LogP contribution is 2.37. The van der Waals surface area contributed by atoms with E-state index < -0.39 is 14.4 Å². The van der Waals surface area contributed by atoms with Gasteiger partial charge in [-0.2, -0.15) is 10.2 Å². The molecule has 1 atom stereocenters. The molecule has 5 rings (SSSR count). The number of nitrogens with zero attached hydrogens (tertiary/aromatic N) is 6. The summed E-state index contributed by atoms with van der Waals surface area (Å²) >= 11 is 0. The molecule has 0 radical (unpaired) electrons. The van der Waals surface area contributed by atoms with Gasteiger partial charge in [0.25, 0.3) is 0 Å². The number of aryl methyl sites for hydroxylation is 2. The van der Waals surface area contributed by atoms with E-state index in [0.29, 0.717) is 32.8 Å². The third-order valence-electron chi connectivity index (χ3n) is 8.51. The second-order valence-electron chi connectivity index (χ2n) is 12.5. The van der Waals surface area contributed by atoms with Crippen LogP contribution in [0.1, 0.15) is 38.0 Å². The van der Waals surface area contributed by atoms with Crippen LogP contribution >= 0.6 is 0 Å². The van der Waals surface area contributed by atoms with Crippen LogP contribution in [0.3, 0.4) is 0 Å². The van der Waals surface area contributed by atoms with Crippen molar-refractivity contribution in [1.29, 1.82) is 0 Å². The van der Waals surface area contributed by atoms with Crippen LogP contribution in [0.4, 0.5) is 10.5 Å². The number of carbonyl (C=O) groups is 1. The van der Waals surface area contributed by atoms with Gasteiger partial charge in [0.1, 0.15) is 0 Å². The monoisotopic (exact) mass is 574 g/mol. The molecule has 41 heavy (non-hydrogen) atoms. The molecule has 9 nitrogen and oxygen atoms in total. The molecule has 4 aromatic rings. The molecular weight excluding hydrogens is 532 g/mol. The third-order valence-corrected chi connectivity index (χ3v) is 13.0. The van der Waals surface area contributed by atoms with Crippen LogP contribution in [-0.2, 0) is 16.2 Å². The van der Waals surface area contributed by atoms with Gasteiger partial charge in [-0.1, -0.05) is 56.7 Å². The van der Waals surface area contributed by atoms with Crippen LogP contribution < -0.4 is 4.90 Å². The van der Waals surface area contributed by atoms with Gasteiger partial charge in [0, 0.05) is 56.7 Å². The molecule has 3 aromatic heterocycles. The number of amides is 1. The fourth-order valence-corrected chi connectivity index (χ4v) is 5.76. The van der Waals surface area contributed by atoms with E-state index in [4.69, 9.17) is 9.16 Å². The highest BCUT2D eigenvalue weighted by molar-refractivity contribution is 6.74. The average Bonchev–Trinajstić information content (AvgIpc) is 3.57. The molecule has 1 fully saturated rings. The average molecular weight is 575 g/mol. The summed E-state index contributed by atoms with van der Waals surface area (Å²) in [5, 5.41) is 8.96. The molecule has 0 saturated carbocycles. The number of rotatable bonds is 7. The molecule has 10 heteroatoms. The van der Waals surface area contributed by atoms with Gasteiger partial charge in [0.05, 0.1) is 30.2 Å². The second-order valence-corrected chi connectivity index (χ2v) is 17.3. The summed E-state index contributed by atoms with van der Waals surface area (Å²) in [5.74, 6) is 0. The lowest BCUT2D eigenvalue weighted by Gasteiger charge is -2.38. The van der Waals surface area contributed by atoms with E-state index in [1.54, 1.807) is 9.58 Å². The third kappa shape index (κ3) is 6.33. The Morgan fingerprint density at radius 2 is 1.66 bits per heavy atom. The van der Waals surface area contributed by atoms with Crippen molar-refractivity contribution in [2.45, 2.75) is 51.9 Å². The van der Waals surface area contributed by atoms with Crippen LogP contribution in [0, 0.1) is 6.92 Å². The number of aromatic nitrogens is 4. The zero-order chi connectivity index (χ0) is 29.4. The Balaban J connectivity index is 1.24. The van der Waals surface area contributed by atoms with Crippen molar-refractivity contribution < 1.29 is 14.0 Å². The molecule has 1 amide bonds. The molecule has 218 valence electrons. The molecule has 1 unspecified atom stereocenters. The molecule has 1 aromatic carbocycles. The molecule has 0 N–H and O–H groups in total. The van der Waals surface area contributed by atoms with Gasteiger partial charge < -0.3 is 19.0 Å². The minimum absolute atomic E-state index is 0.0730. The Morgan fingerprint density at radius 3 is 2.29 bits per heavy atom. The van der Waals surface area contributed by atoms with Crippen molar-refractivity contribution in [3.8, 4) is 11.1 Å². The number of benzene rings is 1. The van der Waals surface area contributed by atoms with Gasteiger partial charge in [-0.3, -0.25) is 4.68 Å². The van der Waals surface area contributed by atoms with Crippen molar-refractivity contribution in [1.82, 2.24) is 24.3 Å². The predicted molar refractivity (Wildman–Crippen MR) is 165 cm³/mol. The number of carbonyl (C=O) groups excluding carboxylic acids is 1. The van der Waals surface area contributed by atoms with E-state index >= 15 is 0 Å². The molecule has 0 spiro atoms. The maximum Gasteiger partial charge on any atom is 0.410 e. The summed E-state index contributed by atoms with van der Waals surface area (Å²) in [5.41, 5.74) is 6.34. The SMILES string of the molecule is Cc1ccc(C(CO[Si](C)(C)C(C)(C)C)OC(=O)N2CCN(c3cnn4cc(-c5cnn(C)c5)ccc34)CC2)cc1. The molecule has 1 aliphatic heterocycles. The van der Waals surface area contributed by atoms with E-state index in [1.807, 2.05) is 48.5 Å². The number of ether oxygens (including phenoxy) is 1. The summed E-state index contributed by atoms with van der Waals surface area (Å²) < 4.78 is 16.3. The van der Waals surface area contributed by atoms with Crippen LogP contribution in [0.5, 0.6) is 0 Å². The fraction of sp³-hybridized carbons (Fsp3) is 0.452. The quantitative estimate of drug-likeness (QED) is 0.250. The Labute approximate surface area is 243 Å². The van der Waals surface area contributed by atoms with Crippen LogP contribution in [-0.4, -0.2) is 71.5 Å². The summed E-state index contributed by atoms with van der Waals surface area (Å²) in [6.45, 7) is 16.1. The number of piperazine rings is 1. The van der Waals surface area contributed by atoms with Crippen LogP contribution in [0.25, 0.3) is 16.6 Å². The van der Waals surface area contributed by atoms with Gasteiger partial charge in [-0.25, -0.2) is 9.31 Å². The van der Waals surface area contributed by atoms with E-state index in [9.17, 15) is 4.79 Å². The maximum absolute atomic E-state index is 13.4. The van der Waals surface area contributed by atoms with Crippen molar-refractivity contribution in [3.05, 3.63) is 72.3 Å². The predicted octanol–water partition coefficient (Wildman–Crippen LogP) is 6.06. The summed E-state index contributed by atoms with van der Waals surface area (Å²) in [4.78, 5) is 17.5. The molecule has 0 bridgehead atoms. The normalized spacial score (nSPS) is 15.4. The van der Waals surface area contributed by atoms with Crippen molar-refractivity contribution >= 4 is 25.6 Å². The Hall–Kier alpha value is -3.63. The van der Waals surface area contributed by atoms with E-state index in [-0.39, 0.29) is 11.1 Å². The van der Waals surface area contributed by atoms with Crippen LogP contribution in [0.15, 0.2) is 61.2 Å². The number of pyridine rings is 1. The smallest absolute Gasteiger partial charge is 0.410 e. The molecule has 4 heterocycles. The minimum Gasteiger partial charge on any atom is -0.439 e. The summed E-state index contributed by atoms with van der Waals surface area (Å²) in [6.07, 6.45) is 7.03. The van der Waals surface area contributed by atoms with E-state index in [2.05, 4.69) is 80.2 Å². The Morgan fingerprint density at radius 1 is 0.951 bits per heavy atom. The van der Waals surface area contributed by atoms with Crippen molar-refractivity contribution in [2.24, 2.45) is 7.05 Å². The first-order valence-corrected chi connectivity index (χ1v) is 17.2. The Kier molecular flexibility index (Phi) is 7.98. The highest BCUT2D eigenvalue weighted by atomic mass is 28.4. The summed E-state index contributed by atoms with van der Waals surface area (Å²) in [6, 6.07) is 12.4. The topological polar surface area (TPSA) is 77.1 Å². The zero-order valence-electron chi connectivity index (χ0n) is 25.3. The number of anilines is 1. The number of fused-ring (bicyclic) bond motifs is 1. The lowest BCUT2D eigenvalue weighted by Crippen LogP contribution is -2.49. The van der Waals surface area contributed by atoms with Crippen molar-refractivity contribution in [3.63, 3.8) is 0 Å². The molecule has 0 aliphatic carbocycles. The van der Waals surface area contributed by atoms with Gasteiger partial charge in [-0.05, 0) is 36.7 Å². The maximum atomic E-state index is 13.4. The lowest BCUT2D eigenvalue weighted by atomic mass is 10.1. The largest absolute Gasteiger partial charge is 0.439 e. The van der Waals surface area contributed by atoms with Gasteiger partial charge in [0.2, 0.25) is 0 Å². The van der Waals surface area contributed by atoms with Gasteiger partial charge in [-0.15, -0.1) is 0 Å². The number of hydrogen-bond acceptors (Lipinski definition) is 6. The first kappa shape index (κ1) is 28.9. The van der Waals surface area contributed by atoms with E-state index in [1.165, 1.54) is 5.56 Å². The summed E-state index contributed by atoms with van der Waals surface area (Å²) in [7, 11) is -0.0982. The lowest BCUT2D eigenvalue weighted by molar-refractivity contribution is 0.0342. The molecular formula is C31H42N6O3Si. The fourth-order valence-electron chi connectivity index (χ4n) is 4.76. The van der Waals surface area contributed by atoms with Crippen molar-refractivity contribution in [2.75, 3.05) is 37.7 Å². The van der Waals surface area contributed by atoms with Gasteiger partial charge in [0.15, 0.2) is 14.4 Å². The van der Waals surface area contributed by atoms with Crippen LogP contribution in [0.2, 0.25) is 18.1 Å². The standard InChI is InChI=1S/C31H42N6O3Si/c1-23-8-10-24(11-9-23)29(22-39-41(6,7)31(2,3)4)40-30(38)36-16-14-35(15-17-36)28-19-33-37-21-25(12-13-27(28)37)26-18-32-34(5)20-26/h8-13,18-21,29H,14-17,22H2,1-7H3.